The van der Waals surface area contributed by atoms with Gasteiger partial charge >= 0.3 is 0 Å². The summed E-state index contributed by atoms with van der Waals surface area (Å²) in [5.41, 5.74) is 5.33. The maximum absolute atomic E-state index is 11.3. The lowest BCUT2D eigenvalue weighted by atomic mass is 9.86. The first-order valence-corrected chi connectivity index (χ1v) is 4.54. The van der Waals surface area contributed by atoms with Gasteiger partial charge in [-0.1, -0.05) is 6.42 Å². The summed E-state index contributed by atoms with van der Waals surface area (Å²) in [6.45, 7) is 0.258. The molecule has 0 radical (unpaired) electrons. The van der Waals surface area contributed by atoms with Gasteiger partial charge in [0, 0.05) is 5.92 Å². The fraction of sp³-hybridized carbons (Fsp3) is 0.889. The van der Waals surface area contributed by atoms with Crippen LogP contribution in [0.25, 0.3) is 0 Å². The Bertz CT molecular complexity index is 178. The molecule has 0 aromatic rings. The van der Waals surface area contributed by atoms with E-state index in [-0.39, 0.29) is 6.54 Å². The molecule has 0 aromatic carbocycles. The van der Waals surface area contributed by atoms with Gasteiger partial charge < -0.3 is 5.73 Å². The van der Waals surface area contributed by atoms with E-state index in [0.29, 0.717) is 17.6 Å². The van der Waals surface area contributed by atoms with Gasteiger partial charge in [-0.05, 0) is 31.1 Å². The van der Waals surface area contributed by atoms with Crippen molar-refractivity contribution >= 4 is 5.78 Å². The topological polar surface area (TPSA) is 43.1 Å². The van der Waals surface area contributed by atoms with Crippen molar-refractivity contribution in [2.45, 2.75) is 25.7 Å². The van der Waals surface area contributed by atoms with Crippen molar-refractivity contribution in [2.24, 2.45) is 23.5 Å². The van der Waals surface area contributed by atoms with Gasteiger partial charge in [-0.2, -0.15) is 0 Å². The quantitative estimate of drug-likeness (QED) is 0.642. The summed E-state index contributed by atoms with van der Waals surface area (Å²) in [4.78, 5) is 11.3. The average Bonchev–Trinajstić information content (AvgIpc) is 2.62. The smallest absolute Gasteiger partial charge is 0.149 e. The molecule has 2 aliphatic carbocycles. The number of Topliss-reactive ketones (excluding diaryl/α,β-unsaturated/α-hetero) is 1. The van der Waals surface area contributed by atoms with E-state index in [1.807, 2.05) is 0 Å². The summed E-state index contributed by atoms with van der Waals surface area (Å²) >= 11 is 0. The third kappa shape index (κ3) is 1.09. The highest BCUT2D eigenvalue weighted by Gasteiger charge is 2.42. The Balaban J connectivity index is 2.02. The van der Waals surface area contributed by atoms with Crippen LogP contribution < -0.4 is 5.73 Å². The first kappa shape index (κ1) is 7.29. The number of nitrogens with two attached hydrogens (primary N) is 1. The predicted octanol–water partition coefficient (Wildman–Crippen LogP) is 0.950. The first-order chi connectivity index (χ1) is 5.31. The molecular formula is C9H15NO. The maximum Gasteiger partial charge on any atom is 0.149 e. The van der Waals surface area contributed by atoms with Crippen molar-refractivity contribution in [3.63, 3.8) is 0 Å². The van der Waals surface area contributed by atoms with Crippen LogP contribution in [0.4, 0.5) is 0 Å². The van der Waals surface area contributed by atoms with E-state index in [1.54, 1.807) is 0 Å². The molecule has 3 unspecified atom stereocenters. The minimum Gasteiger partial charge on any atom is -0.324 e. The zero-order valence-corrected chi connectivity index (χ0v) is 6.75. The van der Waals surface area contributed by atoms with Gasteiger partial charge in [0.05, 0.1) is 6.54 Å². The van der Waals surface area contributed by atoms with Gasteiger partial charge in [-0.15, -0.1) is 0 Å². The number of carbonyl (C=O) groups is 1. The van der Waals surface area contributed by atoms with Crippen molar-refractivity contribution in [2.75, 3.05) is 6.54 Å². The molecule has 2 N–H and O–H groups in total. The monoisotopic (exact) mass is 153 g/mol. The molecule has 2 bridgehead atoms. The first-order valence-electron chi connectivity index (χ1n) is 4.54. The Labute approximate surface area is 67.1 Å². The minimum absolute atomic E-state index is 0.258. The molecule has 0 amide bonds. The van der Waals surface area contributed by atoms with Crippen molar-refractivity contribution < 1.29 is 4.79 Å². The highest BCUT2D eigenvalue weighted by Crippen LogP contribution is 2.48. The lowest BCUT2D eigenvalue weighted by Gasteiger charge is -2.19. The Kier molecular flexibility index (Phi) is 1.72. The molecule has 0 saturated heterocycles. The van der Waals surface area contributed by atoms with Crippen LogP contribution in [0.5, 0.6) is 0 Å². The van der Waals surface area contributed by atoms with Crippen LogP contribution in [-0.4, -0.2) is 12.3 Å². The normalized spacial score (nSPS) is 41.4. The number of ketones is 1. The van der Waals surface area contributed by atoms with Crippen LogP contribution in [0.15, 0.2) is 0 Å². The summed E-state index contributed by atoms with van der Waals surface area (Å²) in [7, 11) is 0. The molecule has 62 valence electrons. The van der Waals surface area contributed by atoms with E-state index >= 15 is 0 Å². The van der Waals surface area contributed by atoms with Crippen molar-refractivity contribution in [1.82, 2.24) is 0 Å². The molecule has 2 fully saturated rings. The summed E-state index contributed by atoms with van der Waals surface area (Å²) in [5.74, 6) is 2.22. The predicted molar refractivity (Wildman–Crippen MR) is 43.0 cm³/mol. The number of hydrogen-bond acceptors (Lipinski definition) is 2. The van der Waals surface area contributed by atoms with Crippen LogP contribution in [0.1, 0.15) is 25.7 Å². The molecule has 2 heteroatoms. The van der Waals surface area contributed by atoms with Crippen LogP contribution >= 0.6 is 0 Å². The van der Waals surface area contributed by atoms with Gasteiger partial charge in [0.1, 0.15) is 5.78 Å². The Morgan fingerprint density at radius 1 is 1.36 bits per heavy atom. The summed E-state index contributed by atoms with van der Waals surface area (Å²) in [6.07, 6.45) is 5.08. The van der Waals surface area contributed by atoms with Gasteiger partial charge in [0.25, 0.3) is 0 Å². The van der Waals surface area contributed by atoms with E-state index < -0.39 is 0 Å². The van der Waals surface area contributed by atoms with E-state index in [9.17, 15) is 4.79 Å². The second-order valence-electron chi connectivity index (χ2n) is 3.95. The maximum atomic E-state index is 11.3. The highest BCUT2D eigenvalue weighted by atomic mass is 16.1. The third-order valence-electron chi connectivity index (χ3n) is 3.35. The minimum atomic E-state index is 0.258. The van der Waals surface area contributed by atoms with Gasteiger partial charge in [-0.3, -0.25) is 4.79 Å². The molecule has 2 rings (SSSR count). The number of hydrogen-bond donors (Lipinski definition) is 1. The molecule has 0 spiro atoms. The fourth-order valence-electron chi connectivity index (χ4n) is 2.79. The second kappa shape index (κ2) is 2.59. The summed E-state index contributed by atoms with van der Waals surface area (Å²) < 4.78 is 0. The van der Waals surface area contributed by atoms with Crippen molar-refractivity contribution in [3.05, 3.63) is 0 Å². The molecule has 2 aliphatic rings. The van der Waals surface area contributed by atoms with E-state index in [2.05, 4.69) is 0 Å². The molecule has 2 nitrogen and oxygen atoms in total. The van der Waals surface area contributed by atoms with Crippen molar-refractivity contribution in [1.29, 1.82) is 0 Å². The number of carbonyl (C=O) groups excluding carboxylic acids is 1. The molecule has 0 aliphatic heterocycles. The number of rotatable bonds is 2. The molecular weight excluding hydrogens is 138 g/mol. The molecule has 3 atom stereocenters. The molecule has 2 saturated carbocycles. The zero-order chi connectivity index (χ0) is 7.84. The summed E-state index contributed by atoms with van der Waals surface area (Å²) in [5, 5.41) is 0. The SMILES string of the molecule is NCC(=O)C1CC2CCC1C2. The highest BCUT2D eigenvalue weighted by molar-refractivity contribution is 5.83. The van der Waals surface area contributed by atoms with Crippen molar-refractivity contribution in [3.8, 4) is 0 Å². The average molecular weight is 153 g/mol. The fourth-order valence-corrected chi connectivity index (χ4v) is 2.79. The van der Waals surface area contributed by atoms with E-state index in [0.717, 1.165) is 12.3 Å². The summed E-state index contributed by atoms with van der Waals surface area (Å²) in [6, 6.07) is 0. The van der Waals surface area contributed by atoms with Gasteiger partial charge in [0.15, 0.2) is 0 Å². The van der Waals surface area contributed by atoms with Crippen LogP contribution in [0.3, 0.4) is 0 Å². The second-order valence-corrected chi connectivity index (χ2v) is 3.95. The van der Waals surface area contributed by atoms with Gasteiger partial charge in [0.2, 0.25) is 0 Å². The Morgan fingerprint density at radius 3 is 2.64 bits per heavy atom. The van der Waals surface area contributed by atoms with Gasteiger partial charge in [-0.25, -0.2) is 0 Å². The number of fused-ring (bicyclic) bond motifs is 2. The third-order valence-corrected chi connectivity index (χ3v) is 3.35. The molecule has 0 heterocycles. The van der Waals surface area contributed by atoms with E-state index in [4.69, 9.17) is 5.73 Å². The zero-order valence-electron chi connectivity index (χ0n) is 6.75. The van der Waals surface area contributed by atoms with Crippen LogP contribution in [0, 0.1) is 17.8 Å². The lowest BCUT2D eigenvalue weighted by Crippen LogP contribution is -2.27. The molecule has 11 heavy (non-hydrogen) atoms. The van der Waals surface area contributed by atoms with E-state index in [1.165, 1.54) is 19.3 Å². The van der Waals surface area contributed by atoms with Crippen LogP contribution in [0.2, 0.25) is 0 Å². The Morgan fingerprint density at radius 2 is 2.18 bits per heavy atom. The molecule has 0 aromatic heterocycles. The largest absolute Gasteiger partial charge is 0.324 e. The van der Waals surface area contributed by atoms with Crippen LogP contribution in [-0.2, 0) is 4.79 Å². The Hall–Kier alpha value is -0.370. The standard InChI is InChI=1S/C9H15NO/c10-5-9(11)8-4-6-1-2-7(8)3-6/h6-8H,1-5,10H2. The lowest BCUT2D eigenvalue weighted by molar-refractivity contribution is -0.122.